The molecule has 2 aromatic carbocycles. The molecule has 0 bridgehead atoms. The quantitative estimate of drug-likeness (QED) is 0.717. The summed E-state index contributed by atoms with van der Waals surface area (Å²) in [5, 5.41) is 14.1. The van der Waals surface area contributed by atoms with E-state index in [4.69, 9.17) is 13.9 Å². The first kappa shape index (κ1) is 15.7. The van der Waals surface area contributed by atoms with E-state index in [0.29, 0.717) is 23.7 Å². The summed E-state index contributed by atoms with van der Waals surface area (Å²) < 4.78 is 15.9. The Hall–Kier alpha value is -3.15. The predicted molar refractivity (Wildman–Crippen MR) is 90.0 cm³/mol. The number of hydrogen-bond donors (Lipinski definition) is 2. The molecular weight excluding hydrogens is 310 g/mol. The van der Waals surface area contributed by atoms with E-state index in [1.807, 2.05) is 12.1 Å². The van der Waals surface area contributed by atoms with Crippen molar-refractivity contribution in [2.45, 2.75) is 6.54 Å². The van der Waals surface area contributed by atoms with Gasteiger partial charge in [0.05, 0.1) is 32.6 Å². The van der Waals surface area contributed by atoms with Crippen LogP contribution in [0.1, 0.15) is 16.1 Å². The predicted octanol–water partition coefficient (Wildman–Crippen LogP) is 3.76. The number of anilines is 1. The van der Waals surface area contributed by atoms with Gasteiger partial charge in [-0.3, -0.25) is 0 Å². The third-order valence-corrected chi connectivity index (χ3v) is 3.74. The van der Waals surface area contributed by atoms with Crippen LogP contribution in [0.4, 0.5) is 5.69 Å². The molecule has 124 valence electrons. The van der Waals surface area contributed by atoms with Gasteiger partial charge in [0.25, 0.3) is 0 Å². The second kappa shape index (κ2) is 6.54. The van der Waals surface area contributed by atoms with Crippen LogP contribution in [0.3, 0.4) is 0 Å². The molecule has 0 saturated heterocycles. The molecule has 3 aromatic rings. The molecule has 0 spiro atoms. The van der Waals surface area contributed by atoms with Crippen molar-refractivity contribution in [3.05, 3.63) is 54.0 Å². The van der Waals surface area contributed by atoms with E-state index < -0.39 is 5.97 Å². The molecule has 0 atom stereocenters. The van der Waals surface area contributed by atoms with Crippen LogP contribution in [-0.2, 0) is 6.54 Å². The Morgan fingerprint density at radius 2 is 1.92 bits per heavy atom. The van der Waals surface area contributed by atoms with Crippen molar-refractivity contribution in [2.24, 2.45) is 0 Å². The highest BCUT2D eigenvalue weighted by molar-refractivity contribution is 6.02. The number of hydrogen-bond acceptors (Lipinski definition) is 5. The van der Waals surface area contributed by atoms with E-state index in [1.54, 1.807) is 44.7 Å². The normalized spacial score (nSPS) is 10.6. The number of methoxy groups -OCH3 is 2. The van der Waals surface area contributed by atoms with Crippen LogP contribution >= 0.6 is 0 Å². The monoisotopic (exact) mass is 327 g/mol. The largest absolute Gasteiger partial charge is 0.493 e. The van der Waals surface area contributed by atoms with Crippen LogP contribution < -0.4 is 14.8 Å². The fourth-order valence-corrected chi connectivity index (χ4v) is 2.56. The van der Waals surface area contributed by atoms with Crippen molar-refractivity contribution in [1.82, 2.24) is 0 Å². The number of rotatable bonds is 6. The number of aromatic carboxylic acids is 1. The van der Waals surface area contributed by atoms with E-state index >= 15 is 0 Å². The maximum atomic E-state index is 11.4. The summed E-state index contributed by atoms with van der Waals surface area (Å²) in [7, 11) is 3.10. The molecule has 0 aliphatic carbocycles. The number of carboxylic acid groups (broad SMARTS) is 1. The van der Waals surface area contributed by atoms with Gasteiger partial charge in [-0.05, 0) is 41.8 Å². The smallest absolute Gasteiger partial charge is 0.335 e. The maximum absolute atomic E-state index is 11.4. The van der Waals surface area contributed by atoms with Crippen molar-refractivity contribution < 1.29 is 23.8 Å². The van der Waals surface area contributed by atoms with Gasteiger partial charge in [0.15, 0.2) is 11.5 Å². The molecule has 6 nitrogen and oxygen atoms in total. The summed E-state index contributed by atoms with van der Waals surface area (Å²) in [6, 6.07) is 10.4. The Balaban J connectivity index is 2.10. The van der Waals surface area contributed by atoms with E-state index in [0.717, 1.165) is 16.5 Å². The summed E-state index contributed by atoms with van der Waals surface area (Å²) in [5.41, 5.74) is 0.874. The van der Waals surface area contributed by atoms with Gasteiger partial charge < -0.3 is 24.3 Å². The minimum Gasteiger partial charge on any atom is -0.493 e. The first-order chi connectivity index (χ1) is 11.6. The highest BCUT2D eigenvalue weighted by atomic mass is 16.5. The molecule has 1 heterocycles. The molecule has 3 rings (SSSR count). The molecule has 0 radical (unpaired) electrons. The zero-order valence-electron chi connectivity index (χ0n) is 13.3. The Labute approximate surface area is 138 Å². The van der Waals surface area contributed by atoms with Crippen LogP contribution in [-0.4, -0.2) is 25.3 Å². The van der Waals surface area contributed by atoms with Crippen molar-refractivity contribution >= 4 is 22.4 Å². The standard InChI is InChI=1S/C18H17NO5/c1-22-16-8-11-6-12(18(20)21)7-15(14(11)9-17(16)23-2)19-10-13-4-3-5-24-13/h3-9,19H,10H2,1-2H3,(H,20,21). The zero-order chi connectivity index (χ0) is 17.1. The lowest BCUT2D eigenvalue weighted by Crippen LogP contribution is -2.03. The number of furan rings is 1. The van der Waals surface area contributed by atoms with Crippen LogP contribution in [0, 0.1) is 0 Å². The van der Waals surface area contributed by atoms with E-state index in [2.05, 4.69) is 5.32 Å². The van der Waals surface area contributed by atoms with Gasteiger partial charge >= 0.3 is 5.97 Å². The Morgan fingerprint density at radius 3 is 2.54 bits per heavy atom. The number of ether oxygens (including phenoxy) is 2. The average molecular weight is 327 g/mol. The summed E-state index contributed by atoms with van der Waals surface area (Å²) >= 11 is 0. The van der Waals surface area contributed by atoms with E-state index in [-0.39, 0.29) is 5.56 Å². The summed E-state index contributed by atoms with van der Waals surface area (Å²) in [5.74, 6) is 0.885. The van der Waals surface area contributed by atoms with Gasteiger partial charge in [-0.15, -0.1) is 0 Å². The van der Waals surface area contributed by atoms with Gasteiger partial charge in [-0.25, -0.2) is 4.79 Å². The topological polar surface area (TPSA) is 80.9 Å². The third kappa shape index (κ3) is 2.99. The molecule has 0 saturated carbocycles. The third-order valence-electron chi connectivity index (χ3n) is 3.74. The molecule has 24 heavy (non-hydrogen) atoms. The fourth-order valence-electron chi connectivity index (χ4n) is 2.56. The van der Waals surface area contributed by atoms with Crippen molar-refractivity contribution in [3.63, 3.8) is 0 Å². The van der Waals surface area contributed by atoms with Gasteiger partial charge in [-0.1, -0.05) is 0 Å². The number of benzene rings is 2. The molecule has 0 aliphatic heterocycles. The molecule has 0 aliphatic rings. The fraction of sp³-hybridized carbons (Fsp3) is 0.167. The average Bonchev–Trinajstić information content (AvgIpc) is 3.11. The molecule has 0 unspecified atom stereocenters. The van der Waals surface area contributed by atoms with Crippen LogP contribution in [0.5, 0.6) is 11.5 Å². The molecule has 2 N–H and O–H groups in total. The number of carboxylic acids is 1. The number of carbonyl (C=O) groups is 1. The van der Waals surface area contributed by atoms with Crippen LogP contribution in [0.15, 0.2) is 47.1 Å². The second-order valence-corrected chi connectivity index (χ2v) is 5.19. The lowest BCUT2D eigenvalue weighted by Gasteiger charge is -2.14. The van der Waals surface area contributed by atoms with E-state index in [9.17, 15) is 9.90 Å². The van der Waals surface area contributed by atoms with Gasteiger partial charge in [0.2, 0.25) is 0 Å². The van der Waals surface area contributed by atoms with Gasteiger partial charge in [0, 0.05) is 11.1 Å². The van der Waals surface area contributed by atoms with Crippen molar-refractivity contribution in [2.75, 3.05) is 19.5 Å². The van der Waals surface area contributed by atoms with Crippen LogP contribution in [0.2, 0.25) is 0 Å². The highest BCUT2D eigenvalue weighted by Crippen LogP contribution is 2.36. The molecular formula is C18H17NO5. The van der Waals surface area contributed by atoms with Gasteiger partial charge in [-0.2, -0.15) is 0 Å². The molecule has 0 fully saturated rings. The van der Waals surface area contributed by atoms with E-state index in [1.165, 1.54) is 0 Å². The first-order valence-corrected chi connectivity index (χ1v) is 7.31. The molecule has 1 aromatic heterocycles. The lowest BCUT2D eigenvalue weighted by molar-refractivity contribution is 0.0697. The zero-order valence-corrected chi connectivity index (χ0v) is 13.3. The SMILES string of the molecule is COc1cc2cc(C(=O)O)cc(NCc3ccco3)c2cc1OC. The summed E-state index contributed by atoms with van der Waals surface area (Å²) in [6.45, 7) is 0.444. The summed E-state index contributed by atoms with van der Waals surface area (Å²) in [4.78, 5) is 11.4. The molecule has 6 heteroatoms. The molecule has 0 amide bonds. The lowest BCUT2D eigenvalue weighted by atomic mass is 10.0. The number of nitrogens with one attached hydrogen (secondary N) is 1. The number of fused-ring (bicyclic) bond motifs is 1. The summed E-state index contributed by atoms with van der Waals surface area (Å²) in [6.07, 6.45) is 1.59. The highest BCUT2D eigenvalue weighted by Gasteiger charge is 2.13. The Bertz CT molecular complexity index is 871. The Kier molecular flexibility index (Phi) is 4.29. The minimum absolute atomic E-state index is 0.191. The van der Waals surface area contributed by atoms with Crippen molar-refractivity contribution in [3.8, 4) is 11.5 Å². The maximum Gasteiger partial charge on any atom is 0.335 e. The Morgan fingerprint density at radius 1 is 1.17 bits per heavy atom. The van der Waals surface area contributed by atoms with Gasteiger partial charge in [0.1, 0.15) is 5.76 Å². The minimum atomic E-state index is -0.993. The first-order valence-electron chi connectivity index (χ1n) is 7.31. The van der Waals surface area contributed by atoms with Crippen molar-refractivity contribution in [1.29, 1.82) is 0 Å². The second-order valence-electron chi connectivity index (χ2n) is 5.19. The van der Waals surface area contributed by atoms with Crippen LogP contribution in [0.25, 0.3) is 10.8 Å².